The van der Waals surface area contributed by atoms with Gasteiger partial charge in [0.25, 0.3) is 0 Å². The van der Waals surface area contributed by atoms with Gasteiger partial charge in [0.2, 0.25) is 5.78 Å². The van der Waals surface area contributed by atoms with Crippen molar-refractivity contribution in [3.05, 3.63) is 64.6 Å². The first-order chi connectivity index (χ1) is 10.4. The molecule has 22 heavy (non-hydrogen) atoms. The molecule has 1 aromatic carbocycles. The van der Waals surface area contributed by atoms with E-state index in [1.54, 1.807) is 18.2 Å². The maximum Gasteiger partial charge on any atom is 0.433 e. The normalized spacial score (nSPS) is 11.8. The highest BCUT2D eigenvalue weighted by atomic mass is 35.5. The largest absolute Gasteiger partial charge is 0.433 e. The second-order valence-corrected chi connectivity index (χ2v) is 5.01. The van der Waals surface area contributed by atoms with Crippen LogP contribution in [0.3, 0.4) is 0 Å². The van der Waals surface area contributed by atoms with Crippen LogP contribution in [0, 0.1) is 0 Å². The molecule has 3 rings (SSSR count). The Labute approximate surface area is 127 Å². The molecule has 2 heterocycles. The summed E-state index contributed by atoms with van der Waals surface area (Å²) in [6, 6.07) is 8.25. The number of ketones is 1. The molecule has 0 aliphatic rings. The van der Waals surface area contributed by atoms with Gasteiger partial charge in [0.1, 0.15) is 11.4 Å². The molecular formula is C15H8ClF3N2O. The van der Waals surface area contributed by atoms with E-state index in [1.807, 2.05) is 0 Å². The Bertz CT molecular complexity index is 871. The van der Waals surface area contributed by atoms with Crippen LogP contribution in [0.25, 0.3) is 10.9 Å². The van der Waals surface area contributed by atoms with Crippen LogP contribution in [-0.4, -0.2) is 15.8 Å². The van der Waals surface area contributed by atoms with Gasteiger partial charge in [-0.1, -0.05) is 23.7 Å². The van der Waals surface area contributed by atoms with E-state index in [4.69, 9.17) is 11.6 Å². The first kappa shape index (κ1) is 14.6. The lowest BCUT2D eigenvalue weighted by molar-refractivity contribution is -0.141. The summed E-state index contributed by atoms with van der Waals surface area (Å²) in [5.74, 6) is -0.620. The van der Waals surface area contributed by atoms with Gasteiger partial charge in [-0.05, 0) is 24.3 Å². The lowest BCUT2D eigenvalue weighted by Crippen LogP contribution is -2.12. The van der Waals surface area contributed by atoms with Crippen LogP contribution < -0.4 is 0 Å². The Balaban J connectivity index is 2.11. The predicted octanol–water partition coefficient (Wildman–Crippen LogP) is 4.47. The molecule has 0 amide bonds. The Kier molecular flexibility index (Phi) is 3.41. The summed E-state index contributed by atoms with van der Waals surface area (Å²) in [6.45, 7) is 0. The van der Waals surface area contributed by atoms with Crippen molar-refractivity contribution in [1.82, 2.24) is 9.97 Å². The zero-order valence-electron chi connectivity index (χ0n) is 10.9. The molecule has 0 aliphatic carbocycles. The number of H-pyrrole nitrogens is 1. The zero-order chi connectivity index (χ0) is 15.9. The van der Waals surface area contributed by atoms with Crippen LogP contribution in [0.2, 0.25) is 5.02 Å². The van der Waals surface area contributed by atoms with Crippen LogP contribution in [0.15, 0.2) is 42.6 Å². The molecule has 2 aromatic heterocycles. The summed E-state index contributed by atoms with van der Waals surface area (Å²) in [7, 11) is 0. The summed E-state index contributed by atoms with van der Waals surface area (Å²) >= 11 is 6.07. The third-order valence-electron chi connectivity index (χ3n) is 3.17. The van der Waals surface area contributed by atoms with Crippen LogP contribution in [-0.2, 0) is 6.18 Å². The first-order valence-corrected chi connectivity index (χ1v) is 6.60. The fourth-order valence-electron chi connectivity index (χ4n) is 2.18. The number of halogens is 4. The van der Waals surface area contributed by atoms with Gasteiger partial charge >= 0.3 is 6.18 Å². The average molecular weight is 325 g/mol. The van der Waals surface area contributed by atoms with Crippen LogP contribution in [0.4, 0.5) is 13.2 Å². The molecule has 0 atom stereocenters. The van der Waals surface area contributed by atoms with Crippen molar-refractivity contribution in [3.8, 4) is 0 Å². The van der Waals surface area contributed by atoms with Gasteiger partial charge < -0.3 is 4.98 Å². The lowest BCUT2D eigenvalue weighted by atomic mass is 10.1. The molecule has 0 saturated heterocycles. The molecule has 0 spiro atoms. The molecule has 0 fully saturated rings. The number of carbonyl (C=O) groups is 1. The minimum Gasteiger partial charge on any atom is -0.360 e. The molecule has 0 saturated carbocycles. The fourth-order valence-corrected chi connectivity index (χ4v) is 2.45. The van der Waals surface area contributed by atoms with E-state index in [0.717, 1.165) is 12.1 Å². The third kappa shape index (κ3) is 2.46. The quantitative estimate of drug-likeness (QED) is 0.707. The highest BCUT2D eigenvalue weighted by Gasteiger charge is 2.33. The Morgan fingerprint density at radius 2 is 1.86 bits per heavy atom. The summed E-state index contributed by atoms with van der Waals surface area (Å²) in [5, 5.41) is 0.808. The molecule has 3 nitrogen and oxygen atoms in total. The maximum atomic E-state index is 12.7. The Hall–Kier alpha value is -2.34. The second kappa shape index (κ2) is 5.14. The molecule has 112 valence electrons. The van der Waals surface area contributed by atoms with Crippen molar-refractivity contribution in [2.75, 3.05) is 0 Å². The van der Waals surface area contributed by atoms with Crippen molar-refractivity contribution in [1.29, 1.82) is 0 Å². The van der Waals surface area contributed by atoms with E-state index in [-0.39, 0.29) is 11.3 Å². The minimum absolute atomic E-state index is 0.187. The number of pyridine rings is 1. The van der Waals surface area contributed by atoms with Crippen LogP contribution >= 0.6 is 11.6 Å². The summed E-state index contributed by atoms with van der Waals surface area (Å²) in [4.78, 5) is 18.7. The number of carbonyl (C=O) groups excluding carboxylic acids is 1. The number of fused-ring (bicyclic) bond motifs is 1. The number of nitrogens with zero attached hydrogens (tertiary/aromatic N) is 1. The molecule has 7 heteroatoms. The fraction of sp³-hybridized carbons (Fsp3) is 0.0667. The van der Waals surface area contributed by atoms with E-state index in [2.05, 4.69) is 9.97 Å². The highest BCUT2D eigenvalue weighted by Crippen LogP contribution is 2.30. The predicted molar refractivity (Wildman–Crippen MR) is 76.0 cm³/mol. The number of aromatic amines is 1. The number of nitrogens with one attached hydrogen (secondary N) is 1. The van der Waals surface area contributed by atoms with E-state index >= 15 is 0 Å². The number of rotatable bonds is 2. The van der Waals surface area contributed by atoms with Crippen molar-refractivity contribution in [3.63, 3.8) is 0 Å². The van der Waals surface area contributed by atoms with Gasteiger partial charge in [-0.15, -0.1) is 0 Å². The first-order valence-electron chi connectivity index (χ1n) is 6.22. The van der Waals surface area contributed by atoms with E-state index in [9.17, 15) is 18.0 Å². The topological polar surface area (TPSA) is 45.8 Å². The van der Waals surface area contributed by atoms with Crippen molar-refractivity contribution >= 4 is 28.3 Å². The van der Waals surface area contributed by atoms with Gasteiger partial charge in [-0.25, -0.2) is 4.98 Å². The summed E-state index contributed by atoms with van der Waals surface area (Å²) in [5.41, 5.74) is -0.574. The van der Waals surface area contributed by atoms with Gasteiger partial charge in [0, 0.05) is 17.1 Å². The minimum atomic E-state index is -4.60. The van der Waals surface area contributed by atoms with Gasteiger partial charge in [0.15, 0.2) is 0 Å². The Morgan fingerprint density at radius 1 is 1.14 bits per heavy atom. The number of hydrogen-bond donors (Lipinski definition) is 1. The zero-order valence-corrected chi connectivity index (χ0v) is 11.7. The average Bonchev–Trinajstić information content (AvgIpc) is 2.91. The molecule has 0 bridgehead atoms. The van der Waals surface area contributed by atoms with Gasteiger partial charge in [-0.3, -0.25) is 4.79 Å². The molecule has 0 unspecified atom stereocenters. The maximum absolute atomic E-state index is 12.7. The summed E-state index contributed by atoms with van der Waals surface area (Å²) < 4.78 is 38.1. The van der Waals surface area contributed by atoms with E-state index < -0.39 is 17.7 Å². The monoisotopic (exact) mass is 324 g/mol. The van der Waals surface area contributed by atoms with Gasteiger partial charge in [0.05, 0.1) is 10.6 Å². The number of hydrogen-bond acceptors (Lipinski definition) is 2. The van der Waals surface area contributed by atoms with Crippen molar-refractivity contribution in [2.45, 2.75) is 6.18 Å². The molecule has 3 aromatic rings. The van der Waals surface area contributed by atoms with E-state index in [1.165, 1.54) is 12.3 Å². The van der Waals surface area contributed by atoms with Crippen molar-refractivity contribution in [2.24, 2.45) is 0 Å². The SMILES string of the molecule is O=C(c1cccc(C(F)(F)F)n1)c1c[nH]c2cccc(Cl)c12. The number of aromatic nitrogens is 2. The number of benzene rings is 1. The third-order valence-corrected chi connectivity index (χ3v) is 3.49. The highest BCUT2D eigenvalue weighted by molar-refractivity contribution is 6.37. The smallest absolute Gasteiger partial charge is 0.360 e. The van der Waals surface area contributed by atoms with E-state index in [0.29, 0.717) is 15.9 Å². The number of alkyl halides is 3. The Morgan fingerprint density at radius 3 is 2.59 bits per heavy atom. The van der Waals surface area contributed by atoms with Crippen molar-refractivity contribution < 1.29 is 18.0 Å². The second-order valence-electron chi connectivity index (χ2n) is 4.60. The molecule has 0 radical (unpaired) electrons. The van der Waals surface area contributed by atoms with Gasteiger partial charge in [-0.2, -0.15) is 13.2 Å². The van der Waals surface area contributed by atoms with Crippen LogP contribution in [0.5, 0.6) is 0 Å². The molecule has 0 aliphatic heterocycles. The standard InChI is InChI=1S/C15H8ClF3N2O/c16-9-3-1-4-10-13(9)8(7-20-10)14(22)11-5-2-6-12(21-11)15(17,18)19/h1-7,20H. The van der Waals surface area contributed by atoms with Crippen LogP contribution in [0.1, 0.15) is 21.7 Å². The molecular weight excluding hydrogens is 317 g/mol. The lowest BCUT2D eigenvalue weighted by Gasteiger charge is -2.07. The molecule has 1 N–H and O–H groups in total. The summed E-state index contributed by atoms with van der Waals surface area (Å²) in [6.07, 6.45) is -3.19.